The van der Waals surface area contributed by atoms with Crippen molar-refractivity contribution in [2.24, 2.45) is 4.99 Å². The first kappa shape index (κ1) is 10.9. The molecule has 0 aliphatic carbocycles. The maximum absolute atomic E-state index is 8.55. The maximum Gasteiger partial charge on any atom is 0.0807 e. The van der Waals surface area contributed by atoms with Crippen LogP contribution < -0.4 is 0 Å². The van der Waals surface area contributed by atoms with Crippen molar-refractivity contribution in [2.75, 3.05) is 13.2 Å². The van der Waals surface area contributed by atoms with E-state index in [0.29, 0.717) is 0 Å². The molecule has 0 fully saturated rings. The van der Waals surface area contributed by atoms with Crippen LogP contribution in [0, 0.1) is 0 Å². The van der Waals surface area contributed by atoms with Crippen molar-refractivity contribution in [3.8, 4) is 0 Å². The van der Waals surface area contributed by atoms with Crippen molar-refractivity contribution in [3.05, 3.63) is 30.1 Å². The molecule has 0 unspecified atom stereocenters. The molecule has 0 aromatic carbocycles. The van der Waals surface area contributed by atoms with Gasteiger partial charge in [-0.25, -0.2) is 0 Å². The van der Waals surface area contributed by atoms with Crippen LogP contribution in [-0.2, 0) is 0 Å². The first-order valence-corrected chi connectivity index (χ1v) is 4.95. The zero-order valence-electron chi connectivity index (χ0n) is 8.26. The molecule has 76 valence electrons. The predicted octanol–water partition coefficient (Wildman–Crippen LogP) is 1.66. The van der Waals surface area contributed by atoms with E-state index >= 15 is 0 Å². The molecule has 0 saturated carbocycles. The minimum Gasteiger partial charge on any atom is -0.396 e. The highest BCUT2D eigenvalue weighted by Crippen LogP contribution is 1.94. The van der Waals surface area contributed by atoms with Crippen LogP contribution in [0.15, 0.2) is 29.4 Å². The topological polar surface area (TPSA) is 45.5 Å². The molecular formula is C11H16N2O. The molecule has 1 aromatic heterocycles. The minimum absolute atomic E-state index is 0.282. The number of pyridine rings is 1. The number of aliphatic imine (C=N–C) groups is 1. The van der Waals surface area contributed by atoms with Crippen molar-refractivity contribution in [2.45, 2.75) is 19.3 Å². The summed E-state index contributed by atoms with van der Waals surface area (Å²) in [6, 6.07) is 5.76. The molecule has 0 radical (unpaired) electrons. The standard InChI is InChI=1S/C11H16N2O/c14-9-5-1-3-7-12-10-11-6-2-4-8-13-11/h2,4,6,8,10,14H,1,3,5,7,9H2. The van der Waals surface area contributed by atoms with Gasteiger partial charge in [-0.3, -0.25) is 9.98 Å². The first-order valence-electron chi connectivity index (χ1n) is 4.95. The lowest BCUT2D eigenvalue weighted by atomic mass is 10.2. The third kappa shape index (κ3) is 4.72. The van der Waals surface area contributed by atoms with E-state index in [9.17, 15) is 0 Å². The van der Waals surface area contributed by atoms with Crippen LogP contribution in [0.5, 0.6) is 0 Å². The second-order valence-corrected chi connectivity index (χ2v) is 3.07. The number of rotatable bonds is 6. The minimum atomic E-state index is 0.282. The van der Waals surface area contributed by atoms with Crippen molar-refractivity contribution >= 4 is 6.21 Å². The average Bonchev–Trinajstić information content (AvgIpc) is 2.25. The fourth-order valence-corrected chi connectivity index (χ4v) is 1.10. The molecule has 3 nitrogen and oxygen atoms in total. The SMILES string of the molecule is OCCCCCN=Cc1ccccn1. The van der Waals surface area contributed by atoms with Crippen LogP contribution in [0.3, 0.4) is 0 Å². The lowest BCUT2D eigenvalue weighted by molar-refractivity contribution is 0.283. The molecule has 0 aliphatic heterocycles. The van der Waals surface area contributed by atoms with Crippen LogP contribution in [0.2, 0.25) is 0 Å². The normalized spacial score (nSPS) is 10.9. The van der Waals surface area contributed by atoms with Gasteiger partial charge in [-0.2, -0.15) is 0 Å². The average molecular weight is 192 g/mol. The van der Waals surface area contributed by atoms with Crippen molar-refractivity contribution in [3.63, 3.8) is 0 Å². The molecule has 1 rings (SSSR count). The van der Waals surface area contributed by atoms with Crippen molar-refractivity contribution < 1.29 is 5.11 Å². The number of hydrogen-bond donors (Lipinski definition) is 1. The van der Waals surface area contributed by atoms with Gasteiger partial charge in [0.2, 0.25) is 0 Å². The van der Waals surface area contributed by atoms with Gasteiger partial charge in [0.25, 0.3) is 0 Å². The first-order chi connectivity index (χ1) is 6.93. The van der Waals surface area contributed by atoms with Gasteiger partial charge in [0, 0.05) is 25.6 Å². The summed E-state index contributed by atoms with van der Waals surface area (Å²) in [5.41, 5.74) is 0.898. The zero-order chi connectivity index (χ0) is 10.1. The molecule has 1 heterocycles. The van der Waals surface area contributed by atoms with Crippen LogP contribution >= 0.6 is 0 Å². The highest BCUT2D eigenvalue weighted by atomic mass is 16.2. The van der Waals surface area contributed by atoms with E-state index < -0.39 is 0 Å². The summed E-state index contributed by atoms with van der Waals surface area (Å²) in [4.78, 5) is 8.37. The fourth-order valence-electron chi connectivity index (χ4n) is 1.10. The van der Waals surface area contributed by atoms with Crippen LogP contribution in [-0.4, -0.2) is 29.5 Å². The summed E-state index contributed by atoms with van der Waals surface area (Å²) in [7, 11) is 0. The number of aliphatic hydroxyl groups is 1. The van der Waals surface area contributed by atoms with Crippen molar-refractivity contribution in [1.82, 2.24) is 4.98 Å². The Hall–Kier alpha value is -1.22. The third-order valence-corrected chi connectivity index (χ3v) is 1.86. The Labute approximate surface area is 84.5 Å². The summed E-state index contributed by atoms with van der Waals surface area (Å²) in [5.74, 6) is 0. The molecule has 14 heavy (non-hydrogen) atoms. The maximum atomic E-state index is 8.55. The van der Waals surface area contributed by atoms with E-state index in [1.54, 1.807) is 12.4 Å². The molecule has 0 saturated heterocycles. The van der Waals surface area contributed by atoms with Gasteiger partial charge in [0.1, 0.15) is 0 Å². The second-order valence-electron chi connectivity index (χ2n) is 3.07. The Morgan fingerprint density at radius 3 is 2.93 bits per heavy atom. The summed E-state index contributed by atoms with van der Waals surface area (Å²) in [6.07, 6.45) is 6.49. The quantitative estimate of drug-likeness (QED) is 0.550. The zero-order valence-corrected chi connectivity index (χ0v) is 8.26. The molecule has 0 amide bonds. The smallest absolute Gasteiger partial charge is 0.0807 e. The van der Waals surface area contributed by atoms with Gasteiger partial charge in [0.05, 0.1) is 5.69 Å². The summed E-state index contributed by atoms with van der Waals surface area (Å²) >= 11 is 0. The van der Waals surface area contributed by atoms with Gasteiger partial charge >= 0.3 is 0 Å². The Balaban J connectivity index is 2.15. The van der Waals surface area contributed by atoms with Gasteiger partial charge in [-0.1, -0.05) is 6.07 Å². The third-order valence-electron chi connectivity index (χ3n) is 1.86. The van der Waals surface area contributed by atoms with E-state index in [-0.39, 0.29) is 6.61 Å². The summed E-state index contributed by atoms with van der Waals surface area (Å²) in [5, 5.41) is 8.55. The number of unbranched alkanes of at least 4 members (excludes halogenated alkanes) is 2. The van der Waals surface area contributed by atoms with E-state index in [0.717, 1.165) is 31.5 Å². The lowest BCUT2D eigenvalue weighted by Gasteiger charge is -1.94. The van der Waals surface area contributed by atoms with Crippen LogP contribution in [0.4, 0.5) is 0 Å². The van der Waals surface area contributed by atoms with Gasteiger partial charge < -0.3 is 5.11 Å². The van der Waals surface area contributed by atoms with E-state index in [1.807, 2.05) is 18.2 Å². The fraction of sp³-hybridized carbons (Fsp3) is 0.455. The highest BCUT2D eigenvalue weighted by molar-refractivity contribution is 5.76. The highest BCUT2D eigenvalue weighted by Gasteiger charge is 1.87. The Bertz CT molecular complexity index is 259. The molecule has 0 atom stereocenters. The molecule has 0 spiro atoms. The Morgan fingerprint density at radius 1 is 1.29 bits per heavy atom. The Kier molecular flexibility index (Phi) is 5.59. The summed E-state index contributed by atoms with van der Waals surface area (Å²) < 4.78 is 0. The number of hydrogen-bond acceptors (Lipinski definition) is 3. The molecule has 1 aromatic rings. The predicted molar refractivity (Wildman–Crippen MR) is 57.6 cm³/mol. The Morgan fingerprint density at radius 2 is 2.21 bits per heavy atom. The molecule has 0 aliphatic rings. The monoisotopic (exact) mass is 192 g/mol. The lowest BCUT2D eigenvalue weighted by Crippen LogP contribution is -1.89. The van der Waals surface area contributed by atoms with Crippen LogP contribution in [0.25, 0.3) is 0 Å². The van der Waals surface area contributed by atoms with Crippen molar-refractivity contribution in [1.29, 1.82) is 0 Å². The number of nitrogens with zero attached hydrogens (tertiary/aromatic N) is 2. The van der Waals surface area contributed by atoms with Gasteiger partial charge in [-0.15, -0.1) is 0 Å². The summed E-state index contributed by atoms with van der Waals surface area (Å²) in [6.45, 7) is 1.10. The molecule has 3 heteroatoms. The molecule has 0 bridgehead atoms. The van der Waals surface area contributed by atoms with E-state index in [1.165, 1.54) is 0 Å². The molecular weight excluding hydrogens is 176 g/mol. The number of aliphatic hydroxyl groups excluding tert-OH is 1. The second kappa shape index (κ2) is 7.21. The van der Waals surface area contributed by atoms with E-state index in [4.69, 9.17) is 5.11 Å². The van der Waals surface area contributed by atoms with Crippen LogP contribution in [0.1, 0.15) is 25.0 Å². The molecule has 1 N–H and O–H groups in total. The van der Waals surface area contributed by atoms with Gasteiger partial charge in [0.15, 0.2) is 0 Å². The largest absolute Gasteiger partial charge is 0.396 e. The van der Waals surface area contributed by atoms with Gasteiger partial charge in [-0.05, 0) is 31.4 Å². The van der Waals surface area contributed by atoms with E-state index in [2.05, 4.69) is 9.98 Å². The number of aromatic nitrogens is 1.